The van der Waals surface area contributed by atoms with Gasteiger partial charge in [-0.25, -0.2) is 18.2 Å². The highest BCUT2D eigenvalue weighted by molar-refractivity contribution is 7.93. The Labute approximate surface area is 177 Å². The quantitative estimate of drug-likeness (QED) is 0.534. The summed E-state index contributed by atoms with van der Waals surface area (Å²) in [5.74, 6) is 0. The van der Waals surface area contributed by atoms with Crippen LogP contribution in [0.15, 0.2) is 28.5 Å². The fourth-order valence-electron chi connectivity index (χ4n) is 3.06. The maximum Gasteiger partial charge on any atom is 0.416 e. The highest BCUT2D eigenvalue weighted by Crippen LogP contribution is 2.40. The Kier molecular flexibility index (Phi) is 5.11. The molecule has 0 aliphatic heterocycles. The average molecular weight is 474 g/mol. The fourth-order valence-corrected chi connectivity index (χ4v) is 6.37. The Hall–Kier alpha value is -2.44. The summed E-state index contributed by atoms with van der Waals surface area (Å²) in [4.78, 5) is 16.6. The zero-order chi connectivity index (χ0) is 21.7. The number of urea groups is 1. The van der Waals surface area contributed by atoms with E-state index in [0.717, 1.165) is 53.0 Å². The maximum absolute atomic E-state index is 12.9. The van der Waals surface area contributed by atoms with Gasteiger partial charge in [-0.2, -0.15) is 13.2 Å². The number of thiophene rings is 1. The number of halogens is 3. The Morgan fingerprint density at radius 1 is 1.20 bits per heavy atom. The molecule has 0 bridgehead atoms. The number of hydrogen-bond acceptors (Lipinski definition) is 6. The van der Waals surface area contributed by atoms with E-state index in [1.807, 2.05) is 6.08 Å². The number of aromatic nitrogens is 1. The van der Waals surface area contributed by atoms with Crippen molar-refractivity contribution in [2.75, 3.05) is 16.9 Å². The number of amides is 2. The van der Waals surface area contributed by atoms with Crippen LogP contribution in [0.25, 0.3) is 16.3 Å². The molecule has 3 aromatic rings. The molecule has 12 heteroatoms. The van der Waals surface area contributed by atoms with Crippen molar-refractivity contribution in [2.45, 2.75) is 23.2 Å². The molecule has 0 fully saturated rings. The second-order valence-corrected chi connectivity index (χ2v) is 10.9. The van der Waals surface area contributed by atoms with Crippen LogP contribution in [0.3, 0.4) is 0 Å². The molecule has 0 spiro atoms. The van der Waals surface area contributed by atoms with E-state index < -0.39 is 27.6 Å². The van der Waals surface area contributed by atoms with Gasteiger partial charge in [-0.15, -0.1) is 11.3 Å². The Morgan fingerprint density at radius 2 is 1.97 bits per heavy atom. The number of nitrogens with one attached hydrogen (secondary N) is 2. The van der Waals surface area contributed by atoms with Gasteiger partial charge in [0.2, 0.25) is 0 Å². The fraction of sp³-hybridized carbons (Fsp3) is 0.222. The molecule has 158 valence electrons. The van der Waals surface area contributed by atoms with Crippen molar-refractivity contribution in [2.24, 2.45) is 0 Å². The normalized spacial score (nSPS) is 14.0. The van der Waals surface area contributed by atoms with E-state index >= 15 is 0 Å². The highest BCUT2D eigenvalue weighted by Gasteiger charge is 2.31. The number of allylic oxidation sites excluding steroid dienone is 1. The first-order valence-corrected chi connectivity index (χ1v) is 12.1. The molecule has 0 unspecified atom stereocenters. The summed E-state index contributed by atoms with van der Waals surface area (Å²) in [6.07, 6.45) is 1.58. The number of alkyl halides is 3. The van der Waals surface area contributed by atoms with Gasteiger partial charge in [-0.3, -0.25) is 10.6 Å². The molecule has 2 N–H and O–H groups in total. The SMILES string of the molecule is CS(=O)(=O)c1sc(NC(=O)Nc2nc3ccc(C(F)(F)F)cc3s2)c2c1C=CCC2. The van der Waals surface area contributed by atoms with Crippen LogP contribution in [-0.2, 0) is 22.4 Å². The lowest BCUT2D eigenvalue weighted by atomic mass is 10.0. The summed E-state index contributed by atoms with van der Waals surface area (Å²) in [7, 11) is -3.46. The number of anilines is 2. The maximum atomic E-state index is 12.9. The molecule has 1 aromatic carbocycles. The molecule has 2 aromatic heterocycles. The lowest BCUT2D eigenvalue weighted by molar-refractivity contribution is -0.137. The number of fused-ring (bicyclic) bond motifs is 2. The third kappa shape index (κ3) is 4.07. The smallest absolute Gasteiger partial charge is 0.299 e. The largest absolute Gasteiger partial charge is 0.416 e. The van der Waals surface area contributed by atoms with E-state index in [4.69, 9.17) is 0 Å². The minimum atomic E-state index is -4.47. The average Bonchev–Trinajstić information content (AvgIpc) is 3.21. The van der Waals surface area contributed by atoms with Crippen molar-refractivity contribution in [3.63, 3.8) is 0 Å². The van der Waals surface area contributed by atoms with Crippen molar-refractivity contribution < 1.29 is 26.4 Å². The number of rotatable bonds is 3. The van der Waals surface area contributed by atoms with Gasteiger partial charge in [0.15, 0.2) is 15.0 Å². The summed E-state index contributed by atoms with van der Waals surface area (Å²) >= 11 is 1.90. The van der Waals surface area contributed by atoms with Gasteiger partial charge in [-0.1, -0.05) is 23.5 Å². The summed E-state index contributed by atoms with van der Waals surface area (Å²) in [5, 5.41) is 5.71. The van der Waals surface area contributed by atoms with E-state index in [-0.39, 0.29) is 14.0 Å². The molecule has 1 aliphatic carbocycles. The predicted octanol–water partition coefficient (Wildman–Crippen LogP) is 5.38. The number of sulfone groups is 1. The number of carbonyl (C=O) groups is 1. The monoisotopic (exact) mass is 473 g/mol. The van der Waals surface area contributed by atoms with Gasteiger partial charge < -0.3 is 0 Å². The van der Waals surface area contributed by atoms with Crippen molar-refractivity contribution in [3.8, 4) is 0 Å². The minimum Gasteiger partial charge on any atom is -0.299 e. The van der Waals surface area contributed by atoms with Crippen LogP contribution in [0, 0.1) is 0 Å². The van der Waals surface area contributed by atoms with Crippen LogP contribution in [0.5, 0.6) is 0 Å². The molecule has 0 saturated heterocycles. The van der Waals surface area contributed by atoms with Gasteiger partial charge >= 0.3 is 12.2 Å². The summed E-state index contributed by atoms with van der Waals surface area (Å²) < 4.78 is 63.1. The van der Waals surface area contributed by atoms with Crippen molar-refractivity contribution >= 4 is 65.0 Å². The zero-order valence-corrected chi connectivity index (χ0v) is 17.8. The zero-order valence-electron chi connectivity index (χ0n) is 15.3. The summed E-state index contributed by atoms with van der Waals surface area (Å²) in [5.41, 5.74) is 0.878. The number of benzene rings is 1. The molecule has 0 radical (unpaired) electrons. The highest BCUT2D eigenvalue weighted by atomic mass is 32.2. The predicted molar refractivity (Wildman–Crippen MR) is 112 cm³/mol. The van der Waals surface area contributed by atoms with Crippen LogP contribution >= 0.6 is 22.7 Å². The van der Waals surface area contributed by atoms with Crippen molar-refractivity contribution in [1.29, 1.82) is 0 Å². The van der Waals surface area contributed by atoms with Gasteiger partial charge in [-0.05, 0) is 36.6 Å². The molecule has 0 atom stereocenters. The Morgan fingerprint density at radius 3 is 2.67 bits per heavy atom. The molecule has 0 saturated carbocycles. The van der Waals surface area contributed by atoms with E-state index in [1.165, 1.54) is 6.07 Å². The van der Waals surface area contributed by atoms with Gasteiger partial charge in [0.1, 0.15) is 9.21 Å². The second-order valence-electron chi connectivity index (χ2n) is 6.60. The van der Waals surface area contributed by atoms with Crippen LogP contribution in [0.2, 0.25) is 0 Å². The van der Waals surface area contributed by atoms with Crippen LogP contribution in [0.4, 0.5) is 28.1 Å². The molecule has 1 aliphatic rings. The van der Waals surface area contributed by atoms with Gasteiger partial charge in [0.05, 0.1) is 15.8 Å². The first-order valence-electron chi connectivity index (χ1n) is 8.60. The molecule has 2 amide bonds. The van der Waals surface area contributed by atoms with Crippen LogP contribution in [0.1, 0.15) is 23.1 Å². The first-order chi connectivity index (χ1) is 14.0. The molecular weight excluding hydrogens is 459 g/mol. The third-order valence-corrected chi connectivity index (χ3v) is 8.30. The van der Waals surface area contributed by atoms with Crippen molar-refractivity contribution in [1.82, 2.24) is 4.98 Å². The number of carbonyl (C=O) groups excluding carboxylic acids is 1. The second kappa shape index (κ2) is 7.36. The summed E-state index contributed by atoms with van der Waals surface area (Å²) in [6, 6.07) is 2.52. The number of hydrogen-bond donors (Lipinski definition) is 2. The number of nitrogens with zero attached hydrogens (tertiary/aromatic N) is 1. The third-order valence-electron chi connectivity index (χ3n) is 4.36. The van der Waals surface area contributed by atoms with Gasteiger partial charge in [0.25, 0.3) is 0 Å². The van der Waals surface area contributed by atoms with Gasteiger partial charge in [0, 0.05) is 11.8 Å². The Balaban J connectivity index is 1.57. The lowest BCUT2D eigenvalue weighted by Gasteiger charge is -2.09. The molecule has 2 heterocycles. The topological polar surface area (TPSA) is 88.2 Å². The minimum absolute atomic E-state index is 0.135. The number of thiazole rings is 1. The lowest BCUT2D eigenvalue weighted by Crippen LogP contribution is -2.19. The molecule has 6 nitrogen and oxygen atoms in total. The standard InChI is InChI=1S/C18H14F3N3O3S3/c1-30(26,27)15-11-5-3-2-4-10(11)14(29-15)23-16(25)24-17-22-12-7-6-9(18(19,20)21)8-13(12)28-17/h3,5-8H,2,4H2,1H3,(H2,22,23,24,25). The van der Waals surface area contributed by atoms with E-state index in [9.17, 15) is 26.4 Å². The summed E-state index contributed by atoms with van der Waals surface area (Å²) in [6.45, 7) is 0. The first kappa shape index (κ1) is 20.8. The van der Waals surface area contributed by atoms with Crippen molar-refractivity contribution in [3.05, 3.63) is 41.0 Å². The molecular formula is C18H14F3N3O3S3. The van der Waals surface area contributed by atoms with Crippen LogP contribution < -0.4 is 10.6 Å². The van der Waals surface area contributed by atoms with Crippen LogP contribution in [-0.4, -0.2) is 25.7 Å². The molecule has 30 heavy (non-hydrogen) atoms. The molecule has 4 rings (SSSR count). The van der Waals surface area contributed by atoms with E-state index in [2.05, 4.69) is 15.6 Å². The Bertz CT molecular complexity index is 1290. The van der Waals surface area contributed by atoms with E-state index in [1.54, 1.807) is 6.08 Å². The van der Waals surface area contributed by atoms with E-state index in [0.29, 0.717) is 22.5 Å².